The molecule has 2 heterocycles. The Bertz CT molecular complexity index is 972. The number of Topliss-reactive ketones (excluding diaryl/α,β-unsaturated/α-hetero) is 1. The first-order chi connectivity index (χ1) is 13.2. The molecule has 2 aromatic rings. The molecule has 1 N–H and O–H groups in total. The van der Waals surface area contributed by atoms with E-state index in [2.05, 4.69) is 11.9 Å². The molecule has 0 bridgehead atoms. The lowest BCUT2D eigenvalue weighted by molar-refractivity contribution is -0.130. The standard InChI is InChI=1S/C22H25N3O3/c1-6-11-24-15(3)12-18(16(24)4)19(26)13-25-20(27)22(5,23-21(25)28)17-9-7-14(2)8-10-17/h6-10,12H,1,11,13H2,2-5H3,(H,23,28)/t22-/m0/s1. The zero-order valence-electron chi connectivity index (χ0n) is 16.7. The third-order valence-corrected chi connectivity index (χ3v) is 5.39. The Morgan fingerprint density at radius 3 is 2.43 bits per heavy atom. The molecular formula is C22H25N3O3. The number of carbonyl (C=O) groups is 3. The molecule has 1 aliphatic rings. The van der Waals surface area contributed by atoms with E-state index in [0.29, 0.717) is 17.7 Å². The van der Waals surface area contributed by atoms with Crippen LogP contribution in [0.15, 0.2) is 43.0 Å². The summed E-state index contributed by atoms with van der Waals surface area (Å²) in [5.74, 6) is -0.685. The summed E-state index contributed by atoms with van der Waals surface area (Å²) < 4.78 is 1.97. The van der Waals surface area contributed by atoms with Crippen LogP contribution in [0.5, 0.6) is 0 Å². The highest BCUT2D eigenvalue weighted by molar-refractivity contribution is 6.11. The predicted octanol–water partition coefficient (Wildman–Crippen LogP) is 3.25. The van der Waals surface area contributed by atoms with Gasteiger partial charge in [0.1, 0.15) is 5.54 Å². The van der Waals surface area contributed by atoms with Crippen molar-refractivity contribution in [3.05, 3.63) is 71.1 Å². The number of aryl methyl sites for hydroxylation is 2. The van der Waals surface area contributed by atoms with E-state index < -0.39 is 17.5 Å². The van der Waals surface area contributed by atoms with Gasteiger partial charge in [-0.15, -0.1) is 6.58 Å². The number of imide groups is 1. The van der Waals surface area contributed by atoms with Gasteiger partial charge in [0, 0.05) is 23.5 Å². The third-order valence-electron chi connectivity index (χ3n) is 5.39. The van der Waals surface area contributed by atoms with Gasteiger partial charge in [-0.1, -0.05) is 35.9 Å². The van der Waals surface area contributed by atoms with Crippen molar-refractivity contribution < 1.29 is 14.4 Å². The fraction of sp³-hybridized carbons (Fsp3) is 0.318. The molecule has 3 rings (SSSR count). The van der Waals surface area contributed by atoms with Crippen LogP contribution >= 0.6 is 0 Å². The summed E-state index contributed by atoms with van der Waals surface area (Å²) in [6, 6.07) is 8.66. The number of amides is 3. The summed E-state index contributed by atoms with van der Waals surface area (Å²) in [7, 11) is 0. The molecule has 1 aliphatic heterocycles. The lowest BCUT2D eigenvalue weighted by Gasteiger charge is -2.22. The number of benzene rings is 1. The monoisotopic (exact) mass is 379 g/mol. The second kappa shape index (κ2) is 7.11. The van der Waals surface area contributed by atoms with Gasteiger partial charge in [-0.3, -0.25) is 14.5 Å². The fourth-order valence-electron chi connectivity index (χ4n) is 3.65. The Labute approximate surface area is 164 Å². The van der Waals surface area contributed by atoms with Crippen LogP contribution in [0.1, 0.15) is 39.8 Å². The Balaban J connectivity index is 1.85. The molecular weight excluding hydrogens is 354 g/mol. The van der Waals surface area contributed by atoms with Crippen molar-refractivity contribution in [2.45, 2.75) is 39.8 Å². The zero-order chi connectivity index (χ0) is 20.6. The van der Waals surface area contributed by atoms with E-state index in [1.54, 1.807) is 19.1 Å². The van der Waals surface area contributed by atoms with Crippen molar-refractivity contribution in [2.75, 3.05) is 6.54 Å². The third kappa shape index (κ3) is 3.15. The summed E-state index contributed by atoms with van der Waals surface area (Å²) >= 11 is 0. The summed E-state index contributed by atoms with van der Waals surface area (Å²) in [6.45, 7) is 11.4. The van der Waals surface area contributed by atoms with Gasteiger partial charge in [0.05, 0.1) is 6.54 Å². The predicted molar refractivity (Wildman–Crippen MR) is 107 cm³/mol. The number of hydrogen-bond acceptors (Lipinski definition) is 3. The van der Waals surface area contributed by atoms with E-state index in [9.17, 15) is 14.4 Å². The molecule has 0 saturated carbocycles. The van der Waals surface area contributed by atoms with Crippen LogP contribution in [0.25, 0.3) is 0 Å². The zero-order valence-corrected chi connectivity index (χ0v) is 16.7. The molecule has 6 nitrogen and oxygen atoms in total. The van der Waals surface area contributed by atoms with Gasteiger partial charge in [-0.2, -0.15) is 0 Å². The molecule has 1 fully saturated rings. The van der Waals surface area contributed by atoms with Crippen molar-refractivity contribution in [1.29, 1.82) is 0 Å². The molecule has 0 radical (unpaired) electrons. The Morgan fingerprint density at radius 1 is 1.18 bits per heavy atom. The van der Waals surface area contributed by atoms with Crippen LogP contribution in [-0.4, -0.2) is 33.7 Å². The summed E-state index contributed by atoms with van der Waals surface area (Å²) in [6.07, 6.45) is 1.76. The van der Waals surface area contributed by atoms with Gasteiger partial charge in [-0.05, 0) is 39.3 Å². The number of hydrogen-bond donors (Lipinski definition) is 1. The summed E-state index contributed by atoms with van der Waals surface area (Å²) in [5.41, 5.74) is 2.83. The van der Waals surface area contributed by atoms with Gasteiger partial charge >= 0.3 is 6.03 Å². The summed E-state index contributed by atoms with van der Waals surface area (Å²) in [5, 5.41) is 2.74. The van der Waals surface area contributed by atoms with Crippen LogP contribution in [0.4, 0.5) is 4.79 Å². The average Bonchev–Trinajstić information content (AvgIpc) is 3.05. The fourth-order valence-corrected chi connectivity index (χ4v) is 3.65. The van der Waals surface area contributed by atoms with Gasteiger partial charge in [0.15, 0.2) is 5.78 Å². The van der Waals surface area contributed by atoms with E-state index in [4.69, 9.17) is 0 Å². The number of ketones is 1. The van der Waals surface area contributed by atoms with E-state index >= 15 is 0 Å². The lowest BCUT2D eigenvalue weighted by atomic mass is 9.91. The molecule has 28 heavy (non-hydrogen) atoms. The Morgan fingerprint density at radius 2 is 1.82 bits per heavy atom. The van der Waals surface area contributed by atoms with E-state index in [1.807, 2.05) is 49.6 Å². The van der Waals surface area contributed by atoms with Crippen molar-refractivity contribution in [3.63, 3.8) is 0 Å². The van der Waals surface area contributed by atoms with Crippen molar-refractivity contribution in [3.8, 4) is 0 Å². The normalized spacial score (nSPS) is 19.1. The molecule has 3 amide bonds. The topological polar surface area (TPSA) is 71.4 Å². The molecule has 146 valence electrons. The molecule has 1 aromatic carbocycles. The van der Waals surface area contributed by atoms with Gasteiger partial charge in [0.2, 0.25) is 0 Å². The number of aromatic nitrogens is 1. The highest BCUT2D eigenvalue weighted by Crippen LogP contribution is 2.29. The Kier molecular flexibility index (Phi) is 4.98. The Hall–Kier alpha value is -3.15. The maximum Gasteiger partial charge on any atom is 0.325 e. The second-order valence-corrected chi connectivity index (χ2v) is 7.42. The smallest absolute Gasteiger partial charge is 0.325 e. The molecule has 0 unspecified atom stereocenters. The summed E-state index contributed by atoms with van der Waals surface area (Å²) in [4.78, 5) is 39.4. The SMILES string of the molecule is C=CCn1c(C)cc(C(=O)CN2C(=O)N[C@@](C)(c3ccc(C)cc3)C2=O)c1C. The molecule has 0 spiro atoms. The number of nitrogens with one attached hydrogen (secondary N) is 1. The minimum Gasteiger partial charge on any atom is -0.345 e. The number of allylic oxidation sites excluding steroid dienone is 1. The number of nitrogens with zero attached hydrogens (tertiary/aromatic N) is 2. The van der Waals surface area contributed by atoms with Crippen LogP contribution < -0.4 is 5.32 Å². The molecule has 6 heteroatoms. The van der Waals surface area contributed by atoms with Crippen molar-refractivity contribution in [1.82, 2.24) is 14.8 Å². The van der Waals surface area contributed by atoms with Crippen molar-refractivity contribution in [2.24, 2.45) is 0 Å². The van der Waals surface area contributed by atoms with Crippen LogP contribution in [-0.2, 0) is 16.9 Å². The lowest BCUT2D eigenvalue weighted by Crippen LogP contribution is -2.41. The molecule has 0 aliphatic carbocycles. The van der Waals surface area contributed by atoms with E-state index in [1.165, 1.54) is 0 Å². The minimum absolute atomic E-state index is 0.264. The first-order valence-corrected chi connectivity index (χ1v) is 9.21. The second-order valence-electron chi connectivity index (χ2n) is 7.42. The van der Waals surface area contributed by atoms with Gasteiger partial charge < -0.3 is 9.88 Å². The number of urea groups is 1. The van der Waals surface area contributed by atoms with E-state index in [0.717, 1.165) is 21.9 Å². The molecule has 1 atom stereocenters. The number of carbonyl (C=O) groups excluding carboxylic acids is 3. The first-order valence-electron chi connectivity index (χ1n) is 9.21. The maximum absolute atomic E-state index is 13.0. The quantitative estimate of drug-likeness (QED) is 0.476. The van der Waals surface area contributed by atoms with Gasteiger partial charge in [-0.25, -0.2) is 4.79 Å². The maximum atomic E-state index is 13.0. The molecule has 1 aromatic heterocycles. The minimum atomic E-state index is -1.18. The average molecular weight is 379 g/mol. The van der Waals surface area contributed by atoms with Crippen LogP contribution in [0, 0.1) is 20.8 Å². The van der Waals surface area contributed by atoms with E-state index in [-0.39, 0.29) is 12.3 Å². The highest BCUT2D eigenvalue weighted by atomic mass is 16.2. The van der Waals surface area contributed by atoms with Crippen molar-refractivity contribution >= 4 is 17.7 Å². The van der Waals surface area contributed by atoms with Crippen LogP contribution in [0.2, 0.25) is 0 Å². The van der Waals surface area contributed by atoms with Gasteiger partial charge in [0.25, 0.3) is 5.91 Å². The molecule has 1 saturated heterocycles. The number of rotatable bonds is 6. The first kappa shape index (κ1) is 19.6. The highest BCUT2D eigenvalue weighted by Gasteiger charge is 2.49. The van der Waals surface area contributed by atoms with Crippen LogP contribution in [0.3, 0.4) is 0 Å². The largest absolute Gasteiger partial charge is 0.345 e.